The Balaban J connectivity index is 1.26. The average molecular weight is 339 g/mol. The predicted molar refractivity (Wildman–Crippen MR) is 98.2 cm³/mol. The number of aryl methyl sites for hydroxylation is 1. The summed E-state index contributed by atoms with van der Waals surface area (Å²) in [6.45, 7) is 6.38. The monoisotopic (exact) mass is 339 g/mol. The molecule has 0 atom stereocenters. The number of piperidine rings is 1. The Hall–Kier alpha value is -1.75. The lowest BCUT2D eigenvalue weighted by molar-refractivity contribution is 0.162. The first-order valence-electron chi connectivity index (χ1n) is 9.81. The van der Waals surface area contributed by atoms with Crippen LogP contribution < -0.4 is 0 Å². The molecule has 5 nitrogen and oxygen atoms in total. The van der Waals surface area contributed by atoms with Crippen molar-refractivity contribution in [3.05, 3.63) is 41.5 Å². The van der Waals surface area contributed by atoms with Gasteiger partial charge in [0.15, 0.2) is 0 Å². The van der Waals surface area contributed by atoms with Gasteiger partial charge in [-0.2, -0.15) is 0 Å². The molecule has 0 amide bonds. The van der Waals surface area contributed by atoms with E-state index in [-0.39, 0.29) is 0 Å². The number of hydrogen-bond donors (Lipinski definition) is 0. The van der Waals surface area contributed by atoms with Gasteiger partial charge in [0.1, 0.15) is 0 Å². The second-order valence-electron chi connectivity index (χ2n) is 7.84. The van der Waals surface area contributed by atoms with Crippen molar-refractivity contribution in [3.63, 3.8) is 0 Å². The molecule has 1 aliphatic carbocycles. The first-order chi connectivity index (χ1) is 12.3. The molecule has 2 aliphatic rings. The zero-order valence-corrected chi connectivity index (χ0v) is 15.3. The van der Waals surface area contributed by atoms with E-state index in [0.29, 0.717) is 5.92 Å². The highest BCUT2D eigenvalue weighted by Gasteiger charge is 2.23. The summed E-state index contributed by atoms with van der Waals surface area (Å²) in [5.41, 5.74) is 3.52. The van der Waals surface area contributed by atoms with E-state index in [2.05, 4.69) is 56.2 Å². The molecule has 0 unspecified atom stereocenters. The quantitative estimate of drug-likeness (QED) is 0.836. The third-order valence-corrected chi connectivity index (χ3v) is 5.81. The topological polar surface area (TPSA) is 46.8 Å². The Morgan fingerprint density at radius 3 is 2.64 bits per heavy atom. The van der Waals surface area contributed by atoms with Gasteiger partial charge in [0.2, 0.25) is 0 Å². The minimum Gasteiger partial charge on any atom is -0.297 e. The van der Waals surface area contributed by atoms with Gasteiger partial charge in [-0.15, -0.1) is 5.10 Å². The van der Waals surface area contributed by atoms with E-state index < -0.39 is 0 Å². The Morgan fingerprint density at radius 2 is 1.88 bits per heavy atom. The zero-order chi connectivity index (χ0) is 17.1. The van der Waals surface area contributed by atoms with E-state index in [0.717, 1.165) is 37.8 Å². The molecule has 4 rings (SSSR count). The van der Waals surface area contributed by atoms with Crippen molar-refractivity contribution in [2.75, 3.05) is 13.1 Å². The molecule has 1 saturated carbocycles. The van der Waals surface area contributed by atoms with Gasteiger partial charge < -0.3 is 0 Å². The van der Waals surface area contributed by atoms with Gasteiger partial charge in [0.05, 0.1) is 11.4 Å². The molecular formula is C20H29N5. The van der Waals surface area contributed by atoms with Crippen LogP contribution in [0.3, 0.4) is 0 Å². The first kappa shape index (κ1) is 16.7. The first-order valence-corrected chi connectivity index (χ1v) is 9.81. The standard InChI is InChI=1S/C20H29N5/c1-16-5-4-8-19(21-16)14-24-11-9-17(10-12-24)13-25-15-20(22-23-25)18-6-2-3-7-18/h4-5,8,15,17-18H,2-3,6-7,9-14H2,1H3. The Labute approximate surface area is 150 Å². The third-order valence-electron chi connectivity index (χ3n) is 5.81. The van der Waals surface area contributed by atoms with Crippen LogP contribution in [0.25, 0.3) is 0 Å². The maximum atomic E-state index is 4.63. The predicted octanol–water partition coefficient (Wildman–Crippen LogP) is 3.55. The van der Waals surface area contributed by atoms with Crippen molar-refractivity contribution in [1.29, 1.82) is 0 Å². The number of nitrogens with zero attached hydrogens (tertiary/aromatic N) is 5. The number of rotatable bonds is 5. The lowest BCUT2D eigenvalue weighted by Gasteiger charge is -2.31. The smallest absolute Gasteiger partial charge is 0.0857 e. The Kier molecular flexibility index (Phi) is 5.11. The van der Waals surface area contributed by atoms with Crippen LogP contribution in [0.15, 0.2) is 24.4 Å². The molecule has 5 heteroatoms. The molecule has 1 saturated heterocycles. The fourth-order valence-electron chi connectivity index (χ4n) is 4.32. The highest BCUT2D eigenvalue weighted by molar-refractivity contribution is 5.10. The summed E-state index contributed by atoms with van der Waals surface area (Å²) >= 11 is 0. The molecule has 3 heterocycles. The molecular weight excluding hydrogens is 310 g/mol. The number of hydrogen-bond acceptors (Lipinski definition) is 4. The van der Waals surface area contributed by atoms with Crippen molar-refractivity contribution < 1.29 is 0 Å². The van der Waals surface area contributed by atoms with Crippen LogP contribution >= 0.6 is 0 Å². The van der Waals surface area contributed by atoms with E-state index >= 15 is 0 Å². The van der Waals surface area contributed by atoms with Crippen molar-refractivity contribution in [1.82, 2.24) is 24.9 Å². The molecule has 25 heavy (non-hydrogen) atoms. The highest BCUT2D eigenvalue weighted by Crippen LogP contribution is 2.32. The van der Waals surface area contributed by atoms with Gasteiger partial charge in [0, 0.05) is 30.9 Å². The fourth-order valence-corrected chi connectivity index (χ4v) is 4.32. The summed E-state index contributed by atoms with van der Waals surface area (Å²) in [6.07, 6.45) is 9.99. The molecule has 0 aromatic carbocycles. The third kappa shape index (κ3) is 4.27. The van der Waals surface area contributed by atoms with Crippen LogP contribution in [0.2, 0.25) is 0 Å². The van der Waals surface area contributed by atoms with E-state index in [9.17, 15) is 0 Å². The normalized spacial score (nSPS) is 20.4. The number of pyridine rings is 1. The van der Waals surface area contributed by atoms with Crippen LogP contribution in [0.1, 0.15) is 61.5 Å². The van der Waals surface area contributed by atoms with Gasteiger partial charge >= 0.3 is 0 Å². The van der Waals surface area contributed by atoms with E-state index in [1.165, 1.54) is 49.9 Å². The summed E-state index contributed by atoms with van der Waals surface area (Å²) in [6, 6.07) is 6.31. The largest absolute Gasteiger partial charge is 0.297 e. The summed E-state index contributed by atoms with van der Waals surface area (Å²) in [5.74, 6) is 1.39. The molecule has 0 radical (unpaired) electrons. The van der Waals surface area contributed by atoms with Crippen LogP contribution in [0.5, 0.6) is 0 Å². The Bertz CT molecular complexity index is 681. The van der Waals surface area contributed by atoms with Gasteiger partial charge in [-0.05, 0) is 63.7 Å². The summed E-state index contributed by atoms with van der Waals surface area (Å²) in [4.78, 5) is 7.16. The van der Waals surface area contributed by atoms with E-state index in [1.807, 2.05) is 0 Å². The molecule has 0 bridgehead atoms. The highest BCUT2D eigenvalue weighted by atomic mass is 15.4. The maximum absolute atomic E-state index is 4.63. The fraction of sp³-hybridized carbons (Fsp3) is 0.650. The van der Waals surface area contributed by atoms with Crippen molar-refractivity contribution in [2.45, 2.75) is 64.5 Å². The van der Waals surface area contributed by atoms with Gasteiger partial charge in [0.25, 0.3) is 0 Å². The molecule has 134 valence electrons. The van der Waals surface area contributed by atoms with Crippen molar-refractivity contribution in [2.24, 2.45) is 5.92 Å². The average Bonchev–Trinajstić information content (AvgIpc) is 3.28. The minimum absolute atomic E-state index is 0.664. The minimum atomic E-state index is 0.664. The van der Waals surface area contributed by atoms with Gasteiger partial charge in [-0.1, -0.05) is 24.1 Å². The Morgan fingerprint density at radius 1 is 1.08 bits per heavy atom. The lowest BCUT2D eigenvalue weighted by Crippen LogP contribution is -2.34. The summed E-state index contributed by atoms with van der Waals surface area (Å²) in [7, 11) is 0. The van der Waals surface area contributed by atoms with Gasteiger partial charge in [-0.25, -0.2) is 0 Å². The van der Waals surface area contributed by atoms with Crippen LogP contribution in [-0.2, 0) is 13.1 Å². The van der Waals surface area contributed by atoms with Crippen LogP contribution in [0, 0.1) is 12.8 Å². The van der Waals surface area contributed by atoms with Crippen molar-refractivity contribution in [3.8, 4) is 0 Å². The van der Waals surface area contributed by atoms with Crippen LogP contribution in [-0.4, -0.2) is 38.0 Å². The van der Waals surface area contributed by atoms with Crippen molar-refractivity contribution >= 4 is 0 Å². The second kappa shape index (κ2) is 7.65. The molecule has 1 aliphatic heterocycles. The lowest BCUT2D eigenvalue weighted by atomic mass is 9.96. The number of aromatic nitrogens is 4. The van der Waals surface area contributed by atoms with Gasteiger partial charge in [-0.3, -0.25) is 14.6 Å². The molecule has 0 N–H and O–H groups in total. The SMILES string of the molecule is Cc1cccc(CN2CCC(Cn3cc(C4CCCC4)nn3)CC2)n1. The zero-order valence-electron chi connectivity index (χ0n) is 15.3. The molecule has 2 aromatic heterocycles. The van der Waals surface area contributed by atoms with E-state index in [1.54, 1.807) is 0 Å². The molecule has 2 fully saturated rings. The second-order valence-corrected chi connectivity index (χ2v) is 7.84. The molecule has 0 spiro atoms. The molecule has 2 aromatic rings. The number of likely N-dealkylation sites (tertiary alicyclic amines) is 1. The summed E-state index contributed by atoms with van der Waals surface area (Å²) in [5, 5.41) is 8.83. The summed E-state index contributed by atoms with van der Waals surface area (Å²) < 4.78 is 2.09. The maximum Gasteiger partial charge on any atom is 0.0857 e. The van der Waals surface area contributed by atoms with E-state index in [4.69, 9.17) is 0 Å². The van der Waals surface area contributed by atoms with Crippen LogP contribution in [0.4, 0.5) is 0 Å².